The van der Waals surface area contributed by atoms with Crippen LogP contribution in [0.1, 0.15) is 22.0 Å². The molecule has 2 aromatic rings. The second kappa shape index (κ2) is 4.92. The Hall–Kier alpha value is -2.43. The van der Waals surface area contributed by atoms with Gasteiger partial charge in [0.15, 0.2) is 11.6 Å². The minimum atomic E-state index is -1.04. The summed E-state index contributed by atoms with van der Waals surface area (Å²) in [4.78, 5) is 12.0. The standard InChI is InChI=1S/C15H11F2NO2/c16-11-6-5-9(7-12(11)17)15(19)18-13-8-20-14-4-2-1-3-10(13)14/h1-7,13H,8H2,(H,18,19). The van der Waals surface area contributed by atoms with Gasteiger partial charge in [0, 0.05) is 11.1 Å². The van der Waals surface area contributed by atoms with Crippen LogP contribution in [0.3, 0.4) is 0 Å². The van der Waals surface area contributed by atoms with E-state index in [9.17, 15) is 13.6 Å². The number of nitrogens with one attached hydrogen (secondary N) is 1. The van der Waals surface area contributed by atoms with Crippen LogP contribution in [-0.2, 0) is 0 Å². The van der Waals surface area contributed by atoms with E-state index in [4.69, 9.17) is 4.74 Å². The number of rotatable bonds is 2. The first-order valence-corrected chi connectivity index (χ1v) is 6.13. The third-order valence-electron chi connectivity index (χ3n) is 3.19. The molecule has 0 saturated heterocycles. The molecule has 1 unspecified atom stereocenters. The molecule has 0 aromatic heterocycles. The summed E-state index contributed by atoms with van der Waals surface area (Å²) in [6.07, 6.45) is 0. The summed E-state index contributed by atoms with van der Waals surface area (Å²) < 4.78 is 31.4. The normalized spacial score (nSPS) is 16.4. The van der Waals surface area contributed by atoms with Gasteiger partial charge in [-0.25, -0.2) is 8.78 Å². The van der Waals surface area contributed by atoms with Gasteiger partial charge in [0.2, 0.25) is 0 Å². The van der Waals surface area contributed by atoms with Gasteiger partial charge in [-0.15, -0.1) is 0 Å². The van der Waals surface area contributed by atoms with Crippen LogP contribution in [0.5, 0.6) is 5.75 Å². The van der Waals surface area contributed by atoms with Crippen molar-refractivity contribution in [1.29, 1.82) is 0 Å². The first-order valence-electron chi connectivity index (χ1n) is 6.13. The number of para-hydroxylation sites is 1. The average molecular weight is 275 g/mol. The Balaban J connectivity index is 1.79. The van der Waals surface area contributed by atoms with Gasteiger partial charge in [-0.2, -0.15) is 0 Å². The molecule has 5 heteroatoms. The van der Waals surface area contributed by atoms with Gasteiger partial charge in [0.25, 0.3) is 5.91 Å². The molecule has 1 amide bonds. The van der Waals surface area contributed by atoms with Gasteiger partial charge in [-0.05, 0) is 24.3 Å². The highest BCUT2D eigenvalue weighted by Crippen LogP contribution is 2.31. The molecule has 0 aliphatic carbocycles. The molecule has 1 atom stereocenters. The number of carbonyl (C=O) groups excluding carboxylic acids is 1. The molecule has 2 aromatic carbocycles. The molecule has 1 heterocycles. The van der Waals surface area contributed by atoms with E-state index in [1.807, 2.05) is 24.3 Å². The third-order valence-corrected chi connectivity index (χ3v) is 3.19. The molecule has 20 heavy (non-hydrogen) atoms. The van der Waals surface area contributed by atoms with Crippen LogP contribution in [0.2, 0.25) is 0 Å². The first kappa shape index (κ1) is 12.6. The van der Waals surface area contributed by atoms with Crippen molar-refractivity contribution in [2.75, 3.05) is 6.61 Å². The van der Waals surface area contributed by atoms with Crippen LogP contribution in [0.25, 0.3) is 0 Å². The van der Waals surface area contributed by atoms with Crippen LogP contribution >= 0.6 is 0 Å². The maximum Gasteiger partial charge on any atom is 0.251 e. The fourth-order valence-electron chi connectivity index (χ4n) is 2.16. The summed E-state index contributed by atoms with van der Waals surface area (Å²) in [5, 5.41) is 2.74. The fourth-order valence-corrected chi connectivity index (χ4v) is 2.16. The van der Waals surface area contributed by atoms with Crippen molar-refractivity contribution in [1.82, 2.24) is 5.32 Å². The minimum absolute atomic E-state index is 0.0771. The van der Waals surface area contributed by atoms with Crippen molar-refractivity contribution in [2.45, 2.75) is 6.04 Å². The minimum Gasteiger partial charge on any atom is -0.491 e. The third kappa shape index (κ3) is 2.22. The van der Waals surface area contributed by atoms with E-state index in [0.717, 1.165) is 23.4 Å². The lowest BCUT2D eigenvalue weighted by Crippen LogP contribution is -2.29. The molecule has 1 aliphatic heterocycles. The average Bonchev–Trinajstić information content (AvgIpc) is 2.85. The van der Waals surface area contributed by atoms with Crippen LogP contribution in [0.4, 0.5) is 8.78 Å². The van der Waals surface area contributed by atoms with Crippen LogP contribution in [0.15, 0.2) is 42.5 Å². The van der Waals surface area contributed by atoms with Crippen molar-refractivity contribution in [3.8, 4) is 5.75 Å². The number of amides is 1. The molecule has 102 valence electrons. The van der Waals surface area contributed by atoms with E-state index in [1.54, 1.807) is 0 Å². The highest BCUT2D eigenvalue weighted by molar-refractivity contribution is 5.94. The topological polar surface area (TPSA) is 38.3 Å². The van der Waals surface area contributed by atoms with Gasteiger partial charge in [-0.3, -0.25) is 4.79 Å². The molecule has 0 saturated carbocycles. The van der Waals surface area contributed by atoms with Gasteiger partial charge < -0.3 is 10.1 Å². The first-order chi connectivity index (χ1) is 9.65. The molecule has 0 bridgehead atoms. The molecule has 0 fully saturated rings. The fraction of sp³-hybridized carbons (Fsp3) is 0.133. The largest absolute Gasteiger partial charge is 0.491 e. The SMILES string of the molecule is O=C(NC1COc2ccccc21)c1ccc(F)c(F)c1. The van der Waals surface area contributed by atoms with E-state index in [-0.39, 0.29) is 11.6 Å². The summed E-state index contributed by atoms with van der Waals surface area (Å²) in [6, 6.07) is 10.2. The number of hydrogen-bond donors (Lipinski definition) is 1. The Kier molecular flexibility index (Phi) is 3.10. The van der Waals surface area contributed by atoms with E-state index in [0.29, 0.717) is 6.61 Å². The van der Waals surface area contributed by atoms with Crippen molar-refractivity contribution in [3.63, 3.8) is 0 Å². The zero-order chi connectivity index (χ0) is 14.1. The van der Waals surface area contributed by atoms with Gasteiger partial charge >= 0.3 is 0 Å². The monoisotopic (exact) mass is 275 g/mol. The van der Waals surface area contributed by atoms with Gasteiger partial charge in [0.05, 0.1) is 6.04 Å². The lowest BCUT2D eigenvalue weighted by molar-refractivity contribution is 0.0929. The second-order valence-electron chi connectivity index (χ2n) is 4.50. The van der Waals surface area contributed by atoms with Crippen molar-refractivity contribution < 1.29 is 18.3 Å². The smallest absolute Gasteiger partial charge is 0.251 e. The van der Waals surface area contributed by atoms with Crippen LogP contribution in [0, 0.1) is 11.6 Å². The number of benzene rings is 2. The quantitative estimate of drug-likeness (QED) is 0.915. The van der Waals surface area contributed by atoms with Gasteiger partial charge in [0.1, 0.15) is 12.4 Å². The van der Waals surface area contributed by atoms with E-state index >= 15 is 0 Å². The number of carbonyl (C=O) groups is 1. The Labute approximate surface area is 114 Å². The van der Waals surface area contributed by atoms with Crippen LogP contribution < -0.4 is 10.1 Å². The van der Waals surface area contributed by atoms with Crippen molar-refractivity contribution in [2.24, 2.45) is 0 Å². The number of hydrogen-bond acceptors (Lipinski definition) is 2. The van der Waals surface area contributed by atoms with Gasteiger partial charge in [-0.1, -0.05) is 18.2 Å². The second-order valence-corrected chi connectivity index (χ2v) is 4.50. The molecule has 3 nitrogen and oxygen atoms in total. The van der Waals surface area contributed by atoms with Crippen LogP contribution in [-0.4, -0.2) is 12.5 Å². The zero-order valence-corrected chi connectivity index (χ0v) is 10.4. The molecular formula is C15H11F2NO2. The van der Waals surface area contributed by atoms with E-state index in [2.05, 4.69) is 5.32 Å². The number of fused-ring (bicyclic) bond motifs is 1. The summed E-state index contributed by atoms with van der Waals surface area (Å²) in [5.41, 5.74) is 0.955. The zero-order valence-electron chi connectivity index (χ0n) is 10.4. The van der Waals surface area contributed by atoms with E-state index in [1.165, 1.54) is 6.07 Å². The maximum absolute atomic E-state index is 13.1. The number of ether oxygens (including phenoxy) is 1. The summed E-state index contributed by atoms with van der Waals surface area (Å²) in [5.74, 6) is -1.76. The lowest BCUT2D eigenvalue weighted by atomic mass is 10.1. The lowest BCUT2D eigenvalue weighted by Gasteiger charge is -2.11. The van der Waals surface area contributed by atoms with E-state index < -0.39 is 17.5 Å². The molecule has 3 rings (SSSR count). The van der Waals surface area contributed by atoms with Crippen molar-refractivity contribution >= 4 is 5.91 Å². The Morgan fingerprint density at radius 1 is 1.15 bits per heavy atom. The summed E-state index contributed by atoms with van der Waals surface area (Å²) >= 11 is 0. The molecule has 0 spiro atoms. The predicted molar refractivity (Wildman–Crippen MR) is 68.5 cm³/mol. The number of halogens is 2. The summed E-state index contributed by atoms with van der Waals surface area (Å²) in [6.45, 7) is 0.328. The molecule has 0 radical (unpaired) electrons. The Bertz CT molecular complexity index is 673. The summed E-state index contributed by atoms with van der Waals surface area (Å²) in [7, 11) is 0. The Morgan fingerprint density at radius 3 is 2.75 bits per heavy atom. The predicted octanol–water partition coefficient (Wildman–Crippen LogP) is 2.83. The molecule has 1 aliphatic rings. The van der Waals surface area contributed by atoms with Crippen molar-refractivity contribution in [3.05, 3.63) is 65.2 Å². The molecular weight excluding hydrogens is 264 g/mol. The highest BCUT2D eigenvalue weighted by atomic mass is 19.2. The maximum atomic E-state index is 13.1. The highest BCUT2D eigenvalue weighted by Gasteiger charge is 2.25. The Morgan fingerprint density at radius 2 is 1.95 bits per heavy atom. The molecule has 1 N–H and O–H groups in total.